The van der Waals surface area contributed by atoms with Gasteiger partial charge in [0.15, 0.2) is 12.4 Å². The van der Waals surface area contributed by atoms with Crippen LogP contribution >= 0.6 is 39.1 Å². The molecule has 0 unspecified atom stereocenters. The van der Waals surface area contributed by atoms with Crippen LogP contribution < -0.4 is 15.4 Å². The SMILES string of the molecule is Cc1c(Br)c([N+](=O)[O-])nn1Cc1noc(C(=O)NCCNC(=O)COc2ccc(Cl)cc2Cl)n1. The molecule has 3 rings (SSSR count). The Bertz CT molecular complexity index is 1230. The van der Waals surface area contributed by atoms with Gasteiger partial charge in [-0.3, -0.25) is 9.59 Å². The Labute approximate surface area is 210 Å². The molecule has 0 aliphatic carbocycles. The number of carbonyl (C=O) groups is 2. The van der Waals surface area contributed by atoms with Crippen LogP contribution in [0.5, 0.6) is 5.75 Å². The number of nitrogens with one attached hydrogen (secondary N) is 2. The minimum Gasteiger partial charge on any atom is -0.482 e. The van der Waals surface area contributed by atoms with Gasteiger partial charge >= 0.3 is 17.6 Å². The van der Waals surface area contributed by atoms with Gasteiger partial charge in [-0.1, -0.05) is 28.4 Å². The number of halogens is 3. The number of benzene rings is 1. The van der Waals surface area contributed by atoms with E-state index in [1.54, 1.807) is 19.1 Å². The minimum atomic E-state index is -0.651. The fourth-order valence-electron chi connectivity index (χ4n) is 2.56. The molecule has 34 heavy (non-hydrogen) atoms. The van der Waals surface area contributed by atoms with Crippen molar-refractivity contribution in [2.75, 3.05) is 19.7 Å². The van der Waals surface area contributed by atoms with Gasteiger partial charge in [-0.15, -0.1) is 0 Å². The number of amides is 2. The molecular formula is C18H16BrCl2N7O6. The highest BCUT2D eigenvalue weighted by Crippen LogP contribution is 2.28. The Balaban J connectivity index is 1.42. The first-order valence-electron chi connectivity index (χ1n) is 9.48. The van der Waals surface area contributed by atoms with Crippen LogP contribution in [0.2, 0.25) is 10.0 Å². The lowest BCUT2D eigenvalue weighted by Gasteiger charge is -2.09. The highest BCUT2D eigenvalue weighted by Gasteiger charge is 2.25. The van der Waals surface area contributed by atoms with E-state index in [1.165, 1.54) is 10.7 Å². The van der Waals surface area contributed by atoms with Gasteiger partial charge < -0.3 is 30.0 Å². The van der Waals surface area contributed by atoms with Gasteiger partial charge in [-0.2, -0.15) is 9.67 Å². The first-order chi connectivity index (χ1) is 16.2. The Morgan fingerprint density at radius 2 is 2.03 bits per heavy atom. The van der Waals surface area contributed by atoms with E-state index in [0.29, 0.717) is 16.5 Å². The fourth-order valence-corrected chi connectivity index (χ4v) is 3.46. The van der Waals surface area contributed by atoms with E-state index in [0.717, 1.165) is 0 Å². The van der Waals surface area contributed by atoms with Crippen LogP contribution in [0.3, 0.4) is 0 Å². The molecule has 0 fully saturated rings. The molecule has 3 aromatic rings. The number of carbonyl (C=O) groups excluding carboxylic acids is 2. The number of hydrogen-bond donors (Lipinski definition) is 2. The smallest absolute Gasteiger partial charge is 0.404 e. The Morgan fingerprint density at radius 1 is 1.29 bits per heavy atom. The first-order valence-corrected chi connectivity index (χ1v) is 11.0. The van der Waals surface area contributed by atoms with Gasteiger partial charge in [0.1, 0.15) is 16.8 Å². The van der Waals surface area contributed by atoms with Crippen molar-refractivity contribution in [2.24, 2.45) is 0 Å². The summed E-state index contributed by atoms with van der Waals surface area (Å²) in [7, 11) is 0. The number of aromatic nitrogens is 4. The molecule has 2 amide bonds. The Morgan fingerprint density at radius 3 is 2.71 bits per heavy atom. The largest absolute Gasteiger partial charge is 0.482 e. The maximum Gasteiger partial charge on any atom is 0.404 e. The zero-order chi connectivity index (χ0) is 24.8. The molecule has 2 heterocycles. The second kappa shape index (κ2) is 11.3. The van der Waals surface area contributed by atoms with Crippen LogP contribution in [0, 0.1) is 17.0 Å². The second-order valence-corrected chi connectivity index (χ2v) is 8.26. The maximum atomic E-state index is 12.2. The highest BCUT2D eigenvalue weighted by molar-refractivity contribution is 9.10. The van der Waals surface area contributed by atoms with E-state index in [1.807, 2.05) is 0 Å². The fraction of sp³-hybridized carbons (Fsp3) is 0.278. The van der Waals surface area contributed by atoms with Crippen LogP contribution in [-0.4, -0.2) is 56.4 Å². The number of rotatable bonds is 10. The van der Waals surface area contributed by atoms with Crippen molar-refractivity contribution in [2.45, 2.75) is 13.5 Å². The van der Waals surface area contributed by atoms with Gasteiger partial charge in [-0.05, 0) is 46.0 Å². The molecule has 2 N–H and O–H groups in total. The molecule has 16 heteroatoms. The Hall–Kier alpha value is -3.23. The molecule has 0 spiro atoms. The zero-order valence-corrected chi connectivity index (χ0v) is 20.5. The van der Waals surface area contributed by atoms with E-state index in [-0.39, 0.29) is 53.3 Å². The maximum absolute atomic E-state index is 12.2. The molecule has 1 aromatic carbocycles. The van der Waals surface area contributed by atoms with Gasteiger partial charge in [-0.25, -0.2) is 0 Å². The third-order valence-corrected chi connectivity index (χ3v) is 5.69. The number of nitro groups is 1. The van der Waals surface area contributed by atoms with E-state index in [9.17, 15) is 19.7 Å². The summed E-state index contributed by atoms with van der Waals surface area (Å²) in [5, 5.41) is 24.3. The molecule has 0 saturated carbocycles. The molecule has 0 aliphatic heterocycles. The van der Waals surface area contributed by atoms with Crippen molar-refractivity contribution in [1.29, 1.82) is 0 Å². The second-order valence-electron chi connectivity index (χ2n) is 6.62. The third kappa shape index (κ3) is 6.42. The summed E-state index contributed by atoms with van der Waals surface area (Å²) in [5.74, 6) is -1.31. The third-order valence-electron chi connectivity index (χ3n) is 4.23. The van der Waals surface area contributed by atoms with Gasteiger partial charge in [0.2, 0.25) is 0 Å². The minimum absolute atomic E-state index is 0.0389. The van der Waals surface area contributed by atoms with Crippen LogP contribution in [-0.2, 0) is 11.3 Å². The summed E-state index contributed by atoms with van der Waals surface area (Å²) in [6, 6.07) is 4.62. The van der Waals surface area contributed by atoms with Crippen molar-refractivity contribution >= 4 is 56.8 Å². The summed E-state index contributed by atoms with van der Waals surface area (Å²) in [6.45, 7) is 1.52. The summed E-state index contributed by atoms with van der Waals surface area (Å²) < 4.78 is 11.8. The summed E-state index contributed by atoms with van der Waals surface area (Å²) in [4.78, 5) is 38.3. The normalized spacial score (nSPS) is 10.7. The van der Waals surface area contributed by atoms with Crippen molar-refractivity contribution in [1.82, 2.24) is 30.6 Å². The average molecular weight is 577 g/mol. The number of ether oxygens (including phenoxy) is 1. The summed E-state index contributed by atoms with van der Waals surface area (Å²) in [5.41, 5.74) is 0.487. The zero-order valence-electron chi connectivity index (χ0n) is 17.4. The van der Waals surface area contributed by atoms with Crippen molar-refractivity contribution in [3.63, 3.8) is 0 Å². The topological polar surface area (TPSA) is 167 Å². The van der Waals surface area contributed by atoms with E-state index in [4.69, 9.17) is 32.5 Å². The lowest BCUT2D eigenvalue weighted by Crippen LogP contribution is -2.36. The van der Waals surface area contributed by atoms with Crippen molar-refractivity contribution < 1.29 is 23.8 Å². The van der Waals surface area contributed by atoms with E-state index >= 15 is 0 Å². The number of nitrogens with zero attached hydrogens (tertiary/aromatic N) is 5. The molecule has 2 aromatic heterocycles. The molecule has 0 saturated heterocycles. The average Bonchev–Trinajstić information content (AvgIpc) is 3.36. The standard InChI is InChI=1S/C18H16BrCl2N7O6/c1-9-15(19)16(28(31)32)25-27(9)7-13-24-18(34-26-13)17(30)23-5-4-22-14(29)8-33-12-3-2-10(20)6-11(12)21/h2-3,6H,4-5,7-8H2,1H3,(H,22,29)(H,23,30). The van der Waals surface area contributed by atoms with E-state index in [2.05, 4.69) is 41.8 Å². The lowest BCUT2D eigenvalue weighted by molar-refractivity contribution is -0.390. The van der Waals surface area contributed by atoms with Crippen LogP contribution in [0.25, 0.3) is 0 Å². The molecule has 0 radical (unpaired) electrons. The van der Waals surface area contributed by atoms with Gasteiger partial charge in [0.25, 0.3) is 5.91 Å². The van der Waals surface area contributed by atoms with Crippen LogP contribution in [0.4, 0.5) is 5.82 Å². The lowest BCUT2D eigenvalue weighted by atomic mass is 10.3. The van der Waals surface area contributed by atoms with Crippen LogP contribution in [0.1, 0.15) is 22.2 Å². The quantitative estimate of drug-likeness (QED) is 0.209. The van der Waals surface area contributed by atoms with Crippen LogP contribution in [0.15, 0.2) is 27.2 Å². The molecular weight excluding hydrogens is 561 g/mol. The Kier molecular flexibility index (Phi) is 8.41. The predicted octanol–water partition coefficient (Wildman–Crippen LogP) is 2.53. The summed E-state index contributed by atoms with van der Waals surface area (Å²) >= 11 is 14.9. The van der Waals surface area contributed by atoms with E-state index < -0.39 is 16.7 Å². The molecule has 0 bridgehead atoms. The molecule has 0 atom stereocenters. The van der Waals surface area contributed by atoms with Crippen molar-refractivity contribution in [3.8, 4) is 5.75 Å². The van der Waals surface area contributed by atoms with Crippen molar-refractivity contribution in [3.05, 3.63) is 60.2 Å². The first kappa shape index (κ1) is 25.4. The summed E-state index contributed by atoms with van der Waals surface area (Å²) in [6.07, 6.45) is 0. The highest BCUT2D eigenvalue weighted by atomic mass is 79.9. The molecule has 13 nitrogen and oxygen atoms in total. The molecule has 180 valence electrons. The monoisotopic (exact) mass is 575 g/mol. The van der Waals surface area contributed by atoms with Gasteiger partial charge in [0, 0.05) is 18.1 Å². The molecule has 0 aliphatic rings. The van der Waals surface area contributed by atoms with Gasteiger partial charge in [0.05, 0.1) is 15.8 Å². The predicted molar refractivity (Wildman–Crippen MR) is 122 cm³/mol. The number of hydrogen-bond acceptors (Lipinski definition) is 9.